The van der Waals surface area contributed by atoms with Crippen molar-refractivity contribution in [1.29, 1.82) is 0 Å². The first kappa shape index (κ1) is 10.2. The average molecular weight is 199 g/mol. The van der Waals surface area contributed by atoms with Gasteiger partial charge in [-0.3, -0.25) is 0 Å². The Bertz CT molecular complexity index is 338. The molecule has 4 nitrogen and oxygen atoms in total. The molecule has 5 heteroatoms. The molecular formula is C8H11N2O2S. The molecule has 0 heterocycles. The number of nitrogens with two attached hydrogens (primary N) is 1. The molecule has 1 radical (unpaired) electrons. The number of thiol groups is 1. The Morgan fingerprint density at radius 1 is 1.62 bits per heavy atom. The summed E-state index contributed by atoms with van der Waals surface area (Å²) >= 11 is 0. The molecule has 0 spiro atoms. The molecule has 1 aromatic carbocycles. The molecule has 0 amide bonds. The third-order valence-corrected chi connectivity index (χ3v) is 2.28. The largest absolute Gasteiger partial charge is 0.309 e. The van der Waals surface area contributed by atoms with E-state index in [9.17, 15) is 8.42 Å². The van der Waals surface area contributed by atoms with Gasteiger partial charge in [0.2, 0.25) is 10.9 Å². The van der Waals surface area contributed by atoms with Crippen LogP contribution in [0.2, 0.25) is 0 Å². The van der Waals surface area contributed by atoms with E-state index < -0.39 is 16.6 Å². The maximum absolute atomic E-state index is 10.4. The van der Waals surface area contributed by atoms with Crippen molar-refractivity contribution < 1.29 is 8.42 Å². The van der Waals surface area contributed by atoms with E-state index in [2.05, 4.69) is 10.8 Å². The van der Waals surface area contributed by atoms with E-state index in [1.165, 1.54) is 0 Å². The number of nitrogens with one attached hydrogen (secondary N) is 1. The SMILES string of the molecule is CC(N)(N[SH](=O)=O)c1c[c]ccc1. The molecular weight excluding hydrogens is 188 g/mol. The normalized spacial score (nSPS) is 15.6. The van der Waals surface area contributed by atoms with Gasteiger partial charge in [-0.15, -0.1) is 0 Å². The number of rotatable bonds is 3. The first-order chi connectivity index (χ1) is 6.02. The summed E-state index contributed by atoms with van der Waals surface area (Å²) < 4.78 is 23.1. The molecule has 0 saturated carbocycles. The molecule has 0 aliphatic heterocycles. The van der Waals surface area contributed by atoms with Gasteiger partial charge >= 0.3 is 0 Å². The number of hydrogen-bond acceptors (Lipinski definition) is 3. The Morgan fingerprint density at radius 3 is 2.77 bits per heavy atom. The van der Waals surface area contributed by atoms with Crippen molar-refractivity contribution >= 4 is 10.9 Å². The van der Waals surface area contributed by atoms with Crippen molar-refractivity contribution in [2.75, 3.05) is 0 Å². The summed E-state index contributed by atoms with van der Waals surface area (Å²) in [4.78, 5) is 0. The van der Waals surface area contributed by atoms with E-state index in [1.807, 2.05) is 0 Å². The van der Waals surface area contributed by atoms with Crippen molar-refractivity contribution in [3.63, 3.8) is 0 Å². The second kappa shape index (κ2) is 3.87. The average Bonchev–Trinajstić information content (AvgIpc) is 2.04. The van der Waals surface area contributed by atoms with Gasteiger partial charge in [0.15, 0.2) is 0 Å². The van der Waals surface area contributed by atoms with Crippen LogP contribution in [0.5, 0.6) is 0 Å². The van der Waals surface area contributed by atoms with Gasteiger partial charge in [0.05, 0.1) is 0 Å². The van der Waals surface area contributed by atoms with Crippen LogP contribution in [0.3, 0.4) is 0 Å². The van der Waals surface area contributed by atoms with Gasteiger partial charge in [-0.2, -0.15) is 4.72 Å². The van der Waals surface area contributed by atoms with Crippen molar-refractivity contribution in [2.24, 2.45) is 5.73 Å². The second-order valence-corrected chi connectivity index (χ2v) is 3.60. The van der Waals surface area contributed by atoms with E-state index in [4.69, 9.17) is 5.73 Å². The zero-order chi connectivity index (χ0) is 9.90. The molecule has 1 aromatic rings. The van der Waals surface area contributed by atoms with Gasteiger partial charge in [-0.05, 0) is 24.6 Å². The molecule has 0 aromatic heterocycles. The predicted molar refractivity (Wildman–Crippen MR) is 50.3 cm³/mol. The molecule has 0 fully saturated rings. The Hall–Kier alpha value is -0.910. The highest BCUT2D eigenvalue weighted by Crippen LogP contribution is 2.12. The van der Waals surface area contributed by atoms with Crippen LogP contribution in [0.4, 0.5) is 0 Å². The molecule has 0 saturated heterocycles. The number of benzene rings is 1. The maximum atomic E-state index is 10.4. The smallest absolute Gasteiger partial charge is 0.203 e. The van der Waals surface area contributed by atoms with E-state index in [0.717, 1.165) is 0 Å². The minimum Gasteiger partial charge on any atom is -0.309 e. The lowest BCUT2D eigenvalue weighted by Crippen LogP contribution is -2.46. The van der Waals surface area contributed by atoms with Crippen LogP contribution in [0.15, 0.2) is 24.3 Å². The van der Waals surface area contributed by atoms with Crippen LogP contribution < -0.4 is 10.5 Å². The summed E-state index contributed by atoms with van der Waals surface area (Å²) in [5.41, 5.74) is 5.34. The van der Waals surface area contributed by atoms with E-state index in [0.29, 0.717) is 5.56 Å². The topological polar surface area (TPSA) is 72.2 Å². The fourth-order valence-corrected chi connectivity index (χ4v) is 1.48. The first-order valence-corrected chi connectivity index (χ1v) is 4.88. The third kappa shape index (κ3) is 2.80. The summed E-state index contributed by atoms with van der Waals surface area (Å²) in [6.45, 7) is 1.58. The highest BCUT2D eigenvalue weighted by atomic mass is 32.2. The van der Waals surface area contributed by atoms with Crippen molar-refractivity contribution in [2.45, 2.75) is 12.6 Å². The lowest BCUT2D eigenvalue weighted by atomic mass is 10.0. The fourth-order valence-electron chi connectivity index (χ4n) is 0.971. The predicted octanol–water partition coefficient (Wildman–Crippen LogP) is -0.266. The second-order valence-electron chi connectivity index (χ2n) is 2.86. The minimum absolute atomic E-state index is 0.675. The van der Waals surface area contributed by atoms with Crippen molar-refractivity contribution in [3.05, 3.63) is 35.9 Å². The third-order valence-electron chi connectivity index (χ3n) is 1.63. The quantitative estimate of drug-likeness (QED) is 0.463. The molecule has 0 aliphatic carbocycles. The van der Waals surface area contributed by atoms with Crippen LogP contribution >= 0.6 is 0 Å². The first-order valence-electron chi connectivity index (χ1n) is 3.70. The fraction of sp³-hybridized carbons (Fsp3) is 0.250. The zero-order valence-electron chi connectivity index (χ0n) is 7.15. The van der Waals surface area contributed by atoms with Gasteiger partial charge < -0.3 is 5.73 Å². The van der Waals surface area contributed by atoms with Gasteiger partial charge in [0, 0.05) is 0 Å². The summed E-state index contributed by atoms with van der Waals surface area (Å²) in [5, 5.41) is 0. The van der Waals surface area contributed by atoms with Crippen LogP contribution in [0, 0.1) is 6.07 Å². The zero-order valence-corrected chi connectivity index (χ0v) is 8.04. The summed E-state index contributed by atoms with van der Waals surface area (Å²) in [7, 11) is -2.70. The molecule has 1 unspecified atom stereocenters. The Labute approximate surface area is 78.8 Å². The molecule has 13 heavy (non-hydrogen) atoms. The monoisotopic (exact) mass is 199 g/mol. The van der Waals surface area contributed by atoms with Crippen LogP contribution in [-0.4, -0.2) is 8.42 Å². The number of hydrogen-bond donors (Lipinski definition) is 3. The van der Waals surface area contributed by atoms with Crippen LogP contribution in [0.25, 0.3) is 0 Å². The lowest BCUT2D eigenvalue weighted by Gasteiger charge is -2.22. The summed E-state index contributed by atoms with van der Waals surface area (Å²) in [6.07, 6.45) is 0. The highest BCUT2D eigenvalue weighted by molar-refractivity contribution is 7.70. The summed E-state index contributed by atoms with van der Waals surface area (Å²) in [6, 6.07) is 9.68. The molecule has 1 atom stereocenters. The molecule has 1 rings (SSSR count). The summed E-state index contributed by atoms with van der Waals surface area (Å²) in [5.74, 6) is 0. The molecule has 0 bridgehead atoms. The van der Waals surface area contributed by atoms with Crippen LogP contribution in [0.1, 0.15) is 12.5 Å². The molecule has 71 valence electrons. The van der Waals surface area contributed by atoms with Crippen molar-refractivity contribution in [3.8, 4) is 0 Å². The molecule has 0 aliphatic rings. The van der Waals surface area contributed by atoms with E-state index in [-0.39, 0.29) is 0 Å². The standard InChI is InChI=1S/C8H11N2O2S/c1-8(9,10-13(11)12)7-5-3-2-4-6-7/h2-3,5-6,13H,9H2,1H3,(H,10,11,12). The lowest BCUT2D eigenvalue weighted by molar-refractivity contribution is 0.457. The highest BCUT2D eigenvalue weighted by Gasteiger charge is 2.20. The van der Waals surface area contributed by atoms with Crippen molar-refractivity contribution in [1.82, 2.24) is 4.72 Å². The van der Waals surface area contributed by atoms with Gasteiger partial charge in [-0.25, -0.2) is 8.42 Å². The van der Waals surface area contributed by atoms with Gasteiger partial charge in [-0.1, -0.05) is 18.2 Å². The van der Waals surface area contributed by atoms with E-state index >= 15 is 0 Å². The van der Waals surface area contributed by atoms with E-state index in [1.54, 1.807) is 31.2 Å². The molecule has 3 N–H and O–H groups in total. The Morgan fingerprint density at radius 2 is 2.31 bits per heavy atom. The minimum atomic E-state index is -2.70. The van der Waals surface area contributed by atoms with Gasteiger partial charge in [0.1, 0.15) is 5.66 Å². The Kier molecular flexibility index (Phi) is 3.02. The van der Waals surface area contributed by atoms with Gasteiger partial charge in [0.25, 0.3) is 0 Å². The maximum Gasteiger partial charge on any atom is 0.203 e. The van der Waals surface area contributed by atoms with Crippen LogP contribution in [-0.2, 0) is 16.6 Å². The Balaban J connectivity index is 2.93.